The van der Waals surface area contributed by atoms with E-state index in [1.54, 1.807) is 6.20 Å². The summed E-state index contributed by atoms with van der Waals surface area (Å²) >= 11 is 3.34. The zero-order chi connectivity index (χ0) is 13.8. The number of aryl methyl sites for hydroxylation is 1. The summed E-state index contributed by atoms with van der Waals surface area (Å²) in [6, 6.07) is 7.42. The van der Waals surface area contributed by atoms with Gasteiger partial charge in [-0.3, -0.25) is 14.3 Å². The van der Waals surface area contributed by atoms with Gasteiger partial charge in [0.1, 0.15) is 5.69 Å². The number of halogens is 1. The van der Waals surface area contributed by atoms with Gasteiger partial charge in [-0.1, -0.05) is 28.1 Å². The summed E-state index contributed by atoms with van der Waals surface area (Å²) in [5.74, 6) is -0.895. The van der Waals surface area contributed by atoms with Crippen LogP contribution in [0.15, 0.2) is 34.9 Å². The Balaban J connectivity index is 2.31. The highest BCUT2D eigenvalue weighted by molar-refractivity contribution is 9.10. The second-order valence-electron chi connectivity index (χ2n) is 3.96. The SMILES string of the molecule is O=Cc1cn(CCC(=O)O)nc1-c1ccc(Br)cc1. The van der Waals surface area contributed by atoms with E-state index in [2.05, 4.69) is 21.0 Å². The third kappa shape index (κ3) is 3.29. The quantitative estimate of drug-likeness (QED) is 0.859. The molecular formula is C13H11BrN2O3. The van der Waals surface area contributed by atoms with Crippen molar-refractivity contribution in [1.82, 2.24) is 9.78 Å². The molecule has 0 saturated carbocycles. The van der Waals surface area contributed by atoms with Crippen LogP contribution in [0.25, 0.3) is 11.3 Å². The van der Waals surface area contributed by atoms with Crippen LogP contribution < -0.4 is 0 Å². The number of carbonyl (C=O) groups is 2. The molecule has 5 nitrogen and oxygen atoms in total. The number of nitrogens with zero attached hydrogens (tertiary/aromatic N) is 2. The molecule has 0 spiro atoms. The van der Waals surface area contributed by atoms with Crippen LogP contribution in [0.2, 0.25) is 0 Å². The van der Waals surface area contributed by atoms with Crippen LogP contribution in [-0.2, 0) is 11.3 Å². The lowest BCUT2D eigenvalue weighted by atomic mass is 10.1. The van der Waals surface area contributed by atoms with Gasteiger partial charge >= 0.3 is 5.97 Å². The minimum absolute atomic E-state index is 0.0280. The van der Waals surface area contributed by atoms with Gasteiger partial charge in [0, 0.05) is 16.2 Å². The van der Waals surface area contributed by atoms with E-state index in [-0.39, 0.29) is 13.0 Å². The molecule has 0 bridgehead atoms. The van der Waals surface area contributed by atoms with Crippen molar-refractivity contribution in [3.05, 3.63) is 40.5 Å². The Morgan fingerprint density at radius 3 is 2.63 bits per heavy atom. The van der Waals surface area contributed by atoms with E-state index >= 15 is 0 Å². The maximum Gasteiger partial charge on any atom is 0.305 e. The second kappa shape index (κ2) is 5.79. The molecule has 1 N–H and O–H groups in total. The van der Waals surface area contributed by atoms with Gasteiger partial charge in [-0.05, 0) is 12.1 Å². The van der Waals surface area contributed by atoms with E-state index < -0.39 is 5.97 Å². The zero-order valence-corrected chi connectivity index (χ0v) is 11.5. The number of hydrogen-bond donors (Lipinski definition) is 1. The number of rotatable bonds is 5. The molecule has 0 unspecified atom stereocenters. The summed E-state index contributed by atoms with van der Waals surface area (Å²) in [5.41, 5.74) is 1.83. The van der Waals surface area contributed by atoms with Gasteiger partial charge < -0.3 is 5.11 Å². The van der Waals surface area contributed by atoms with Gasteiger partial charge in [-0.25, -0.2) is 0 Å². The smallest absolute Gasteiger partial charge is 0.305 e. The standard InChI is InChI=1S/C13H11BrN2O3/c14-11-3-1-9(2-4-11)13-10(8-17)7-16(15-13)6-5-12(18)19/h1-4,7-8H,5-6H2,(H,18,19). The monoisotopic (exact) mass is 322 g/mol. The van der Waals surface area contributed by atoms with Crippen molar-refractivity contribution in [1.29, 1.82) is 0 Å². The Kier molecular flexibility index (Phi) is 4.11. The van der Waals surface area contributed by atoms with Crippen molar-refractivity contribution in [2.45, 2.75) is 13.0 Å². The van der Waals surface area contributed by atoms with Crippen molar-refractivity contribution in [3.8, 4) is 11.3 Å². The van der Waals surface area contributed by atoms with Crippen LogP contribution in [0.3, 0.4) is 0 Å². The lowest BCUT2D eigenvalue weighted by molar-refractivity contribution is -0.137. The molecule has 0 aliphatic heterocycles. The molecule has 0 amide bonds. The fourth-order valence-corrected chi connectivity index (χ4v) is 1.94. The molecule has 1 heterocycles. The Labute approximate surface area is 118 Å². The van der Waals surface area contributed by atoms with E-state index in [1.807, 2.05) is 24.3 Å². The average molecular weight is 323 g/mol. The Bertz CT molecular complexity index is 605. The summed E-state index contributed by atoms with van der Waals surface area (Å²) in [6.07, 6.45) is 2.26. The van der Waals surface area contributed by atoms with Crippen LogP contribution in [0.4, 0.5) is 0 Å². The van der Waals surface area contributed by atoms with Crippen molar-refractivity contribution < 1.29 is 14.7 Å². The van der Waals surface area contributed by atoms with Crippen molar-refractivity contribution in [3.63, 3.8) is 0 Å². The lowest BCUT2D eigenvalue weighted by Gasteiger charge is -1.99. The molecule has 0 radical (unpaired) electrons. The first-order valence-electron chi connectivity index (χ1n) is 5.60. The van der Waals surface area contributed by atoms with Crippen LogP contribution in [0, 0.1) is 0 Å². The second-order valence-corrected chi connectivity index (χ2v) is 4.88. The maximum atomic E-state index is 11.0. The topological polar surface area (TPSA) is 72.2 Å². The minimum atomic E-state index is -0.895. The summed E-state index contributed by atoms with van der Waals surface area (Å²) < 4.78 is 2.42. The van der Waals surface area contributed by atoms with Crippen LogP contribution in [0.1, 0.15) is 16.8 Å². The van der Waals surface area contributed by atoms with Crippen molar-refractivity contribution in [2.24, 2.45) is 0 Å². The van der Waals surface area contributed by atoms with Gasteiger partial charge in [0.2, 0.25) is 0 Å². The predicted molar refractivity (Wildman–Crippen MR) is 73.0 cm³/mol. The van der Waals surface area contributed by atoms with E-state index in [0.717, 1.165) is 16.3 Å². The number of aliphatic carboxylic acids is 1. The molecule has 2 aromatic rings. The molecule has 0 fully saturated rings. The molecule has 0 saturated heterocycles. The number of carboxylic acid groups (broad SMARTS) is 1. The highest BCUT2D eigenvalue weighted by Crippen LogP contribution is 2.23. The van der Waals surface area contributed by atoms with E-state index in [4.69, 9.17) is 5.11 Å². The predicted octanol–water partition coefficient (Wildman–Crippen LogP) is 2.60. The average Bonchev–Trinajstić information content (AvgIpc) is 2.80. The summed E-state index contributed by atoms with van der Waals surface area (Å²) in [7, 11) is 0. The van der Waals surface area contributed by atoms with Gasteiger partial charge in [-0.15, -0.1) is 0 Å². The first kappa shape index (κ1) is 13.5. The van der Waals surface area contributed by atoms with E-state index in [1.165, 1.54) is 4.68 Å². The fourth-order valence-electron chi connectivity index (χ4n) is 1.68. The number of carbonyl (C=O) groups excluding carboxylic acids is 1. The minimum Gasteiger partial charge on any atom is -0.481 e. The Morgan fingerprint density at radius 1 is 1.37 bits per heavy atom. The lowest BCUT2D eigenvalue weighted by Crippen LogP contribution is -2.04. The number of benzene rings is 1. The van der Waals surface area contributed by atoms with Crippen LogP contribution >= 0.6 is 15.9 Å². The highest BCUT2D eigenvalue weighted by atomic mass is 79.9. The normalized spacial score (nSPS) is 10.4. The fraction of sp³-hybridized carbons (Fsp3) is 0.154. The largest absolute Gasteiger partial charge is 0.481 e. The Hall–Kier alpha value is -1.95. The molecule has 1 aromatic carbocycles. The van der Waals surface area contributed by atoms with Crippen LogP contribution in [-0.4, -0.2) is 27.1 Å². The molecule has 98 valence electrons. The zero-order valence-electron chi connectivity index (χ0n) is 9.91. The summed E-state index contributed by atoms with van der Waals surface area (Å²) in [4.78, 5) is 21.6. The van der Waals surface area contributed by atoms with Crippen molar-refractivity contribution in [2.75, 3.05) is 0 Å². The molecule has 19 heavy (non-hydrogen) atoms. The summed E-state index contributed by atoms with van der Waals surface area (Å²) in [5, 5.41) is 12.9. The molecule has 0 atom stereocenters. The van der Waals surface area contributed by atoms with E-state index in [9.17, 15) is 9.59 Å². The van der Waals surface area contributed by atoms with Crippen molar-refractivity contribution >= 4 is 28.2 Å². The number of aldehydes is 1. The molecule has 1 aromatic heterocycles. The number of carboxylic acids is 1. The third-order valence-corrected chi connectivity index (χ3v) is 3.12. The Morgan fingerprint density at radius 2 is 2.05 bits per heavy atom. The maximum absolute atomic E-state index is 11.0. The van der Waals surface area contributed by atoms with Gasteiger partial charge in [-0.2, -0.15) is 5.10 Å². The van der Waals surface area contributed by atoms with Gasteiger partial charge in [0.05, 0.1) is 18.5 Å². The first-order valence-corrected chi connectivity index (χ1v) is 6.40. The van der Waals surface area contributed by atoms with Gasteiger partial charge in [0.25, 0.3) is 0 Å². The number of hydrogen-bond acceptors (Lipinski definition) is 3. The van der Waals surface area contributed by atoms with E-state index in [0.29, 0.717) is 11.3 Å². The first-order chi connectivity index (χ1) is 9.10. The molecular weight excluding hydrogens is 312 g/mol. The van der Waals surface area contributed by atoms with Gasteiger partial charge in [0.15, 0.2) is 6.29 Å². The molecule has 0 aliphatic carbocycles. The summed E-state index contributed by atoms with van der Waals surface area (Å²) in [6.45, 7) is 0.243. The third-order valence-electron chi connectivity index (χ3n) is 2.59. The molecule has 6 heteroatoms. The highest BCUT2D eigenvalue weighted by Gasteiger charge is 2.11. The molecule has 2 rings (SSSR count). The molecule has 0 aliphatic rings. The van der Waals surface area contributed by atoms with Crippen LogP contribution in [0.5, 0.6) is 0 Å². The number of aromatic nitrogens is 2.